The third-order valence-electron chi connectivity index (χ3n) is 3.78. The van der Waals surface area contributed by atoms with Crippen LogP contribution in [0.2, 0.25) is 0 Å². The number of hydrogen-bond acceptors (Lipinski definition) is 4. The van der Waals surface area contributed by atoms with Gasteiger partial charge >= 0.3 is 0 Å². The van der Waals surface area contributed by atoms with E-state index in [0.717, 1.165) is 23.9 Å². The molecule has 0 spiro atoms. The van der Waals surface area contributed by atoms with Crippen molar-refractivity contribution in [2.75, 3.05) is 23.9 Å². The fraction of sp³-hybridized carbons (Fsp3) is 0.158. The zero-order valence-corrected chi connectivity index (χ0v) is 13.4. The Morgan fingerprint density at radius 3 is 2.09 bits per heavy atom. The Morgan fingerprint density at radius 2 is 1.39 bits per heavy atom. The average Bonchev–Trinajstić information content (AvgIpc) is 2.63. The first kappa shape index (κ1) is 15.0. The second-order valence-electron chi connectivity index (χ2n) is 5.47. The van der Waals surface area contributed by atoms with E-state index in [-0.39, 0.29) is 0 Å². The molecule has 0 N–H and O–H groups in total. The summed E-state index contributed by atoms with van der Waals surface area (Å²) in [5, 5.41) is 0. The number of benzene rings is 2. The number of anilines is 3. The Balaban J connectivity index is 1.79. The predicted molar refractivity (Wildman–Crippen MR) is 95.1 cm³/mol. The van der Waals surface area contributed by atoms with Crippen LogP contribution in [0.4, 0.5) is 17.3 Å². The lowest BCUT2D eigenvalue weighted by molar-refractivity contribution is 0.888. The molecule has 0 amide bonds. The van der Waals surface area contributed by atoms with Crippen LogP contribution >= 0.6 is 0 Å². The van der Waals surface area contributed by atoms with Crippen molar-refractivity contribution < 1.29 is 0 Å². The molecule has 23 heavy (non-hydrogen) atoms. The molecule has 0 aliphatic rings. The van der Waals surface area contributed by atoms with Crippen LogP contribution in [0.25, 0.3) is 0 Å². The van der Waals surface area contributed by atoms with Crippen LogP contribution < -0.4 is 9.80 Å². The third-order valence-corrected chi connectivity index (χ3v) is 3.78. The molecule has 1 heterocycles. The molecule has 3 aromatic rings. The van der Waals surface area contributed by atoms with Gasteiger partial charge in [0, 0.05) is 32.4 Å². The summed E-state index contributed by atoms with van der Waals surface area (Å²) in [6, 6.07) is 22.6. The maximum absolute atomic E-state index is 4.40. The SMILES string of the molecule is CN(Cc1ccccc1)c1cc(N(C)c2ccccc2)ncn1. The van der Waals surface area contributed by atoms with Gasteiger partial charge in [-0.15, -0.1) is 0 Å². The van der Waals surface area contributed by atoms with Gasteiger partial charge in [-0.3, -0.25) is 0 Å². The number of para-hydroxylation sites is 1. The summed E-state index contributed by atoms with van der Waals surface area (Å²) < 4.78 is 0. The quantitative estimate of drug-likeness (QED) is 0.716. The van der Waals surface area contributed by atoms with Crippen LogP contribution in [-0.2, 0) is 6.54 Å². The van der Waals surface area contributed by atoms with Crippen molar-refractivity contribution in [3.05, 3.63) is 78.6 Å². The molecule has 0 aliphatic heterocycles. The van der Waals surface area contributed by atoms with Crippen LogP contribution in [0.1, 0.15) is 5.56 Å². The molecular weight excluding hydrogens is 284 g/mol. The Labute approximate surface area is 137 Å². The number of nitrogens with zero attached hydrogens (tertiary/aromatic N) is 4. The smallest absolute Gasteiger partial charge is 0.138 e. The molecule has 0 unspecified atom stereocenters. The Hall–Kier alpha value is -2.88. The van der Waals surface area contributed by atoms with Crippen molar-refractivity contribution in [2.45, 2.75) is 6.54 Å². The fourth-order valence-corrected chi connectivity index (χ4v) is 2.45. The highest BCUT2D eigenvalue weighted by molar-refractivity contribution is 5.61. The lowest BCUT2D eigenvalue weighted by Crippen LogP contribution is -2.19. The lowest BCUT2D eigenvalue weighted by atomic mass is 10.2. The molecule has 116 valence electrons. The Kier molecular flexibility index (Phi) is 4.52. The van der Waals surface area contributed by atoms with Gasteiger partial charge in [-0.25, -0.2) is 9.97 Å². The summed E-state index contributed by atoms with van der Waals surface area (Å²) in [7, 11) is 4.06. The second kappa shape index (κ2) is 6.92. The first-order valence-corrected chi connectivity index (χ1v) is 7.60. The van der Waals surface area contributed by atoms with Crippen molar-refractivity contribution >= 4 is 17.3 Å². The van der Waals surface area contributed by atoms with Gasteiger partial charge in [-0.1, -0.05) is 48.5 Å². The summed E-state index contributed by atoms with van der Waals surface area (Å²) >= 11 is 0. The molecule has 0 saturated carbocycles. The minimum atomic E-state index is 0.812. The monoisotopic (exact) mass is 304 g/mol. The largest absolute Gasteiger partial charge is 0.355 e. The van der Waals surface area contributed by atoms with Gasteiger partial charge < -0.3 is 9.80 Å². The van der Waals surface area contributed by atoms with E-state index < -0.39 is 0 Å². The topological polar surface area (TPSA) is 32.3 Å². The molecule has 4 heteroatoms. The average molecular weight is 304 g/mol. The first-order chi connectivity index (χ1) is 11.2. The van der Waals surface area contributed by atoms with Gasteiger partial charge in [0.05, 0.1) is 0 Å². The molecular formula is C19H20N4. The van der Waals surface area contributed by atoms with Crippen LogP contribution in [-0.4, -0.2) is 24.1 Å². The maximum Gasteiger partial charge on any atom is 0.138 e. The van der Waals surface area contributed by atoms with E-state index in [9.17, 15) is 0 Å². The van der Waals surface area contributed by atoms with Crippen molar-refractivity contribution in [3.63, 3.8) is 0 Å². The highest BCUT2D eigenvalue weighted by Crippen LogP contribution is 2.23. The molecule has 3 rings (SSSR count). The molecule has 0 saturated heterocycles. The minimum absolute atomic E-state index is 0.812. The molecule has 0 bridgehead atoms. The molecule has 4 nitrogen and oxygen atoms in total. The van der Waals surface area contributed by atoms with Crippen LogP contribution in [0.15, 0.2) is 73.1 Å². The van der Waals surface area contributed by atoms with Gasteiger partial charge in [-0.05, 0) is 17.7 Å². The first-order valence-electron chi connectivity index (χ1n) is 7.60. The molecule has 0 atom stereocenters. The summed E-state index contributed by atoms with van der Waals surface area (Å²) in [4.78, 5) is 13.0. The zero-order valence-electron chi connectivity index (χ0n) is 13.4. The van der Waals surface area contributed by atoms with Gasteiger partial charge in [0.25, 0.3) is 0 Å². The van der Waals surface area contributed by atoms with E-state index >= 15 is 0 Å². The van der Waals surface area contributed by atoms with Gasteiger partial charge in [0.2, 0.25) is 0 Å². The lowest BCUT2D eigenvalue weighted by Gasteiger charge is -2.22. The van der Waals surface area contributed by atoms with Gasteiger partial charge in [0.1, 0.15) is 18.0 Å². The van der Waals surface area contributed by atoms with E-state index in [0.29, 0.717) is 0 Å². The zero-order chi connectivity index (χ0) is 16.1. The van der Waals surface area contributed by atoms with Crippen LogP contribution in [0.3, 0.4) is 0 Å². The number of rotatable bonds is 5. The molecule has 2 aromatic carbocycles. The molecule has 1 aromatic heterocycles. The van der Waals surface area contributed by atoms with Crippen molar-refractivity contribution in [3.8, 4) is 0 Å². The second-order valence-corrected chi connectivity index (χ2v) is 5.47. The standard InChI is InChI=1S/C19H20N4/c1-22(14-16-9-5-3-6-10-16)18-13-19(21-15-20-18)23(2)17-11-7-4-8-12-17/h3-13,15H,14H2,1-2H3. The third kappa shape index (κ3) is 3.66. The van der Waals surface area contributed by atoms with E-state index in [1.165, 1.54) is 5.56 Å². The van der Waals surface area contributed by atoms with Crippen LogP contribution in [0, 0.1) is 0 Å². The van der Waals surface area contributed by atoms with E-state index in [2.05, 4.69) is 56.2 Å². The molecule has 0 radical (unpaired) electrons. The van der Waals surface area contributed by atoms with E-state index in [1.807, 2.05) is 44.4 Å². The van der Waals surface area contributed by atoms with Crippen molar-refractivity contribution in [1.82, 2.24) is 9.97 Å². The molecule has 0 fully saturated rings. The normalized spacial score (nSPS) is 10.3. The van der Waals surface area contributed by atoms with Crippen LogP contribution in [0.5, 0.6) is 0 Å². The van der Waals surface area contributed by atoms with Crippen molar-refractivity contribution in [1.29, 1.82) is 0 Å². The minimum Gasteiger partial charge on any atom is -0.355 e. The highest BCUT2D eigenvalue weighted by atomic mass is 15.2. The Bertz CT molecular complexity index is 744. The Morgan fingerprint density at radius 1 is 0.783 bits per heavy atom. The van der Waals surface area contributed by atoms with E-state index in [1.54, 1.807) is 6.33 Å². The number of hydrogen-bond donors (Lipinski definition) is 0. The summed E-state index contributed by atoms with van der Waals surface area (Å²) in [5.41, 5.74) is 2.36. The summed E-state index contributed by atoms with van der Waals surface area (Å²) in [6.45, 7) is 0.812. The summed E-state index contributed by atoms with van der Waals surface area (Å²) in [6.07, 6.45) is 1.62. The maximum atomic E-state index is 4.40. The predicted octanol–water partition coefficient (Wildman–Crippen LogP) is 3.88. The molecule has 0 aliphatic carbocycles. The summed E-state index contributed by atoms with van der Waals surface area (Å²) in [5.74, 6) is 1.78. The van der Waals surface area contributed by atoms with E-state index in [4.69, 9.17) is 0 Å². The van der Waals surface area contributed by atoms with Gasteiger partial charge in [0.15, 0.2) is 0 Å². The number of aromatic nitrogens is 2. The fourth-order valence-electron chi connectivity index (χ4n) is 2.45. The van der Waals surface area contributed by atoms with Crippen molar-refractivity contribution in [2.24, 2.45) is 0 Å². The highest BCUT2D eigenvalue weighted by Gasteiger charge is 2.09. The van der Waals surface area contributed by atoms with Gasteiger partial charge in [-0.2, -0.15) is 0 Å².